The van der Waals surface area contributed by atoms with Crippen molar-refractivity contribution in [2.45, 2.75) is 58.3 Å². The summed E-state index contributed by atoms with van der Waals surface area (Å²) in [6.45, 7) is 5.80. The molecule has 1 aliphatic carbocycles. The molecular formula is C16H24N4O3. The third-order valence-electron chi connectivity index (χ3n) is 4.02. The summed E-state index contributed by atoms with van der Waals surface area (Å²) >= 11 is 0. The summed E-state index contributed by atoms with van der Waals surface area (Å²) in [4.78, 5) is 23.8. The van der Waals surface area contributed by atoms with Gasteiger partial charge in [0.25, 0.3) is 5.56 Å². The van der Waals surface area contributed by atoms with Crippen molar-refractivity contribution in [1.29, 1.82) is 0 Å². The molecule has 7 heteroatoms. The molecule has 3 rings (SSSR count). The second-order valence-electron chi connectivity index (χ2n) is 6.45. The second-order valence-corrected chi connectivity index (χ2v) is 6.45. The van der Waals surface area contributed by atoms with E-state index in [-0.39, 0.29) is 31.7 Å². The average molecular weight is 320 g/mol. The summed E-state index contributed by atoms with van der Waals surface area (Å²) in [5, 5.41) is 4.34. The number of carbonyl (C=O) groups excluding carboxylic acids is 1. The fourth-order valence-corrected chi connectivity index (χ4v) is 2.59. The number of hydrogen-bond donors (Lipinski definition) is 1. The van der Waals surface area contributed by atoms with Crippen LogP contribution in [0.5, 0.6) is 0 Å². The Morgan fingerprint density at radius 1 is 1.48 bits per heavy atom. The van der Waals surface area contributed by atoms with Gasteiger partial charge in [-0.2, -0.15) is 5.10 Å². The van der Waals surface area contributed by atoms with E-state index >= 15 is 0 Å². The molecule has 1 fully saturated rings. The molecule has 1 saturated carbocycles. The Balaban J connectivity index is 0.00000208. The lowest BCUT2D eigenvalue weighted by molar-refractivity contribution is -0.118. The number of primary amides is 1. The molecule has 2 aromatic rings. The van der Waals surface area contributed by atoms with Crippen LogP contribution in [-0.4, -0.2) is 26.2 Å². The zero-order chi connectivity index (χ0) is 16.7. The van der Waals surface area contributed by atoms with Gasteiger partial charge in [-0.15, -0.1) is 0 Å². The maximum Gasteiger partial charge on any atom is 0.291 e. The molecule has 7 nitrogen and oxygen atoms in total. The van der Waals surface area contributed by atoms with Crippen LogP contribution in [0.2, 0.25) is 0 Å². The first-order valence-corrected chi connectivity index (χ1v) is 7.93. The van der Waals surface area contributed by atoms with Crippen LogP contribution in [-0.2, 0) is 16.1 Å². The summed E-state index contributed by atoms with van der Waals surface area (Å²) in [7, 11) is 0. The van der Waals surface area contributed by atoms with E-state index < -0.39 is 5.91 Å². The topological polar surface area (TPSA) is 91.6 Å². The number of carbonyl (C=O) groups is 1. The third-order valence-corrected chi connectivity index (χ3v) is 4.02. The molecule has 0 radical (unpaired) electrons. The second kappa shape index (κ2) is 5.81. The molecule has 126 valence electrons. The quantitative estimate of drug-likeness (QED) is 0.875. The minimum Gasteiger partial charge on any atom is -0.368 e. The third kappa shape index (κ3) is 3.14. The first-order chi connectivity index (χ1) is 10.9. The predicted octanol–water partition coefficient (Wildman–Crippen LogP) is 1.59. The van der Waals surface area contributed by atoms with Crippen LogP contribution in [0.1, 0.15) is 58.4 Å². The average Bonchev–Trinajstić information content (AvgIpc) is 3.15. The lowest BCUT2D eigenvalue weighted by atomic mass is 10.1. The highest BCUT2D eigenvalue weighted by atomic mass is 16.5. The van der Waals surface area contributed by atoms with E-state index in [0.717, 1.165) is 23.1 Å². The molecule has 1 unspecified atom stereocenters. The van der Waals surface area contributed by atoms with Crippen molar-refractivity contribution in [1.82, 2.24) is 14.2 Å². The molecule has 1 aliphatic rings. The minimum atomic E-state index is -0.596. The van der Waals surface area contributed by atoms with Gasteiger partial charge in [-0.3, -0.25) is 14.0 Å². The van der Waals surface area contributed by atoms with Crippen molar-refractivity contribution in [3.8, 4) is 0 Å². The van der Waals surface area contributed by atoms with Crippen LogP contribution in [0.25, 0.3) is 5.52 Å². The molecular weight excluding hydrogens is 296 g/mol. The number of amides is 1. The van der Waals surface area contributed by atoms with Crippen molar-refractivity contribution < 1.29 is 11.0 Å². The summed E-state index contributed by atoms with van der Waals surface area (Å²) < 4.78 is 8.82. The molecule has 0 saturated heterocycles. The largest absolute Gasteiger partial charge is 0.368 e. The van der Waals surface area contributed by atoms with Crippen LogP contribution in [0.4, 0.5) is 0 Å². The molecule has 2 N–H and O–H groups in total. The zero-order valence-corrected chi connectivity index (χ0v) is 13.7. The highest BCUT2D eigenvalue weighted by Crippen LogP contribution is 2.30. The summed E-state index contributed by atoms with van der Waals surface area (Å²) in [5.74, 6) is 0.298. The highest BCUT2D eigenvalue weighted by molar-refractivity contribution is 5.73. The number of nitrogens with zero attached hydrogens (tertiary/aromatic N) is 3. The maximum atomic E-state index is 12.5. The monoisotopic (exact) mass is 320 g/mol. The van der Waals surface area contributed by atoms with Gasteiger partial charge in [-0.1, -0.05) is 13.8 Å². The minimum absolute atomic E-state index is 0. The van der Waals surface area contributed by atoms with E-state index in [1.807, 2.05) is 19.2 Å². The summed E-state index contributed by atoms with van der Waals surface area (Å²) in [5.41, 5.74) is 6.44. The van der Waals surface area contributed by atoms with Crippen LogP contribution >= 0.6 is 0 Å². The maximum absolute atomic E-state index is 12.5. The Morgan fingerprint density at radius 2 is 2.17 bits per heavy atom. The molecule has 2 aromatic heterocycles. The van der Waals surface area contributed by atoms with Crippen LogP contribution in [0.3, 0.4) is 0 Å². The van der Waals surface area contributed by atoms with Crippen LogP contribution in [0, 0.1) is 0 Å². The summed E-state index contributed by atoms with van der Waals surface area (Å²) in [6, 6.07) is 1.85. The van der Waals surface area contributed by atoms with Gasteiger partial charge < -0.3 is 10.5 Å². The van der Waals surface area contributed by atoms with E-state index in [4.69, 9.17) is 10.5 Å². The van der Waals surface area contributed by atoms with Crippen molar-refractivity contribution >= 4 is 11.4 Å². The van der Waals surface area contributed by atoms with E-state index in [1.165, 1.54) is 0 Å². The smallest absolute Gasteiger partial charge is 0.291 e. The van der Waals surface area contributed by atoms with Gasteiger partial charge in [0.05, 0.1) is 6.10 Å². The fraction of sp³-hybridized carbons (Fsp3) is 0.562. The van der Waals surface area contributed by atoms with E-state index in [0.29, 0.717) is 11.3 Å². The van der Waals surface area contributed by atoms with Crippen molar-refractivity contribution in [3.05, 3.63) is 34.0 Å². The lowest BCUT2D eigenvalue weighted by Crippen LogP contribution is -2.33. The first kappa shape index (κ1) is 15.7. The van der Waals surface area contributed by atoms with Gasteiger partial charge >= 0.3 is 0 Å². The lowest BCUT2D eigenvalue weighted by Gasteiger charge is -2.15. The van der Waals surface area contributed by atoms with Crippen molar-refractivity contribution in [3.63, 3.8) is 0 Å². The zero-order valence-electron chi connectivity index (χ0n) is 13.7. The van der Waals surface area contributed by atoms with Gasteiger partial charge in [0, 0.05) is 7.62 Å². The Kier molecular flexibility index (Phi) is 3.97. The van der Waals surface area contributed by atoms with Gasteiger partial charge in [0.15, 0.2) is 5.82 Å². The van der Waals surface area contributed by atoms with E-state index in [2.05, 4.69) is 18.9 Å². The van der Waals surface area contributed by atoms with Gasteiger partial charge in [-0.25, -0.2) is 4.68 Å². The number of aromatic nitrogens is 3. The molecule has 0 bridgehead atoms. The Bertz CT molecular complexity index is 807. The van der Waals surface area contributed by atoms with Gasteiger partial charge in [0.1, 0.15) is 18.2 Å². The van der Waals surface area contributed by atoms with E-state index in [1.54, 1.807) is 4.40 Å². The van der Waals surface area contributed by atoms with Gasteiger partial charge in [-0.05, 0) is 37.3 Å². The summed E-state index contributed by atoms with van der Waals surface area (Å²) in [6.07, 6.45) is 4.02. The molecule has 23 heavy (non-hydrogen) atoms. The van der Waals surface area contributed by atoms with Crippen molar-refractivity contribution in [2.24, 2.45) is 5.73 Å². The Hall–Kier alpha value is -2.15. The first-order valence-electron chi connectivity index (χ1n) is 7.93. The number of rotatable bonds is 6. The van der Waals surface area contributed by atoms with E-state index in [9.17, 15) is 9.59 Å². The SMILES string of the molecule is CC(C)c1cc2c(=O)n(CC(N)=O)nc(C(C)OC3CC3)n2c1.[HH]. The fourth-order valence-electron chi connectivity index (χ4n) is 2.59. The standard InChI is InChI=1S/C16H22N4O3.H2/c1-9(2)11-6-13-16(22)20(8-14(17)21)18-15(19(13)7-11)10(3)23-12-4-5-12;/h6-7,9-10,12H,4-5,8H2,1-3H3,(H2,17,21);1H. The predicted molar refractivity (Wildman–Crippen MR) is 87.4 cm³/mol. The molecule has 1 amide bonds. The van der Waals surface area contributed by atoms with Crippen LogP contribution in [0.15, 0.2) is 17.1 Å². The Morgan fingerprint density at radius 3 is 2.74 bits per heavy atom. The van der Waals surface area contributed by atoms with Gasteiger partial charge in [0.2, 0.25) is 5.91 Å². The normalized spacial score (nSPS) is 16.2. The number of ether oxygens (including phenoxy) is 1. The molecule has 0 aromatic carbocycles. The highest BCUT2D eigenvalue weighted by Gasteiger charge is 2.27. The molecule has 1 atom stereocenters. The molecule has 0 spiro atoms. The number of hydrogen-bond acceptors (Lipinski definition) is 4. The molecule has 2 heterocycles. The van der Waals surface area contributed by atoms with Crippen molar-refractivity contribution in [2.75, 3.05) is 0 Å². The molecule has 0 aliphatic heterocycles. The Labute approximate surface area is 135 Å². The number of fused-ring (bicyclic) bond motifs is 1. The number of nitrogens with two attached hydrogens (primary N) is 1. The van der Waals surface area contributed by atoms with Crippen LogP contribution < -0.4 is 11.3 Å².